The standard InChI is InChI=1S/C16H13ClN2/c1-11-7-13(9-14(17)8-11)16(19)15(10-18)12-5-3-2-4-6-12/h2-9H,19H2,1H3/b16-15+. The molecule has 0 amide bonds. The van der Waals surface area contributed by atoms with Gasteiger partial charge in [-0.15, -0.1) is 0 Å². The summed E-state index contributed by atoms with van der Waals surface area (Å²) in [5, 5.41) is 9.94. The average molecular weight is 269 g/mol. The molecule has 0 aliphatic carbocycles. The fourth-order valence-electron chi connectivity index (χ4n) is 1.92. The smallest absolute Gasteiger partial charge is 0.102 e. The Morgan fingerprint density at radius 2 is 1.79 bits per heavy atom. The molecule has 19 heavy (non-hydrogen) atoms. The van der Waals surface area contributed by atoms with Crippen molar-refractivity contribution < 1.29 is 0 Å². The molecule has 0 bridgehead atoms. The molecule has 0 radical (unpaired) electrons. The summed E-state index contributed by atoms with van der Waals surface area (Å²) in [6.45, 7) is 1.94. The van der Waals surface area contributed by atoms with Gasteiger partial charge >= 0.3 is 0 Å². The lowest BCUT2D eigenvalue weighted by Gasteiger charge is -2.08. The number of hydrogen-bond acceptors (Lipinski definition) is 2. The molecule has 0 saturated heterocycles. The highest BCUT2D eigenvalue weighted by Crippen LogP contribution is 2.25. The van der Waals surface area contributed by atoms with Crippen LogP contribution in [0.3, 0.4) is 0 Å². The number of halogens is 1. The van der Waals surface area contributed by atoms with Gasteiger partial charge in [-0.25, -0.2) is 0 Å². The van der Waals surface area contributed by atoms with Crippen molar-refractivity contribution >= 4 is 22.9 Å². The Morgan fingerprint density at radius 3 is 2.37 bits per heavy atom. The maximum atomic E-state index is 9.33. The zero-order chi connectivity index (χ0) is 13.8. The number of nitrogens with zero attached hydrogens (tertiary/aromatic N) is 1. The number of benzene rings is 2. The minimum atomic E-state index is 0.444. The van der Waals surface area contributed by atoms with Crippen molar-refractivity contribution in [1.82, 2.24) is 0 Å². The van der Waals surface area contributed by atoms with Gasteiger partial charge in [0.2, 0.25) is 0 Å². The third kappa shape index (κ3) is 2.96. The molecular formula is C16H13ClN2. The number of nitrogens with two attached hydrogens (primary N) is 1. The van der Waals surface area contributed by atoms with E-state index in [-0.39, 0.29) is 0 Å². The van der Waals surface area contributed by atoms with Crippen molar-refractivity contribution in [1.29, 1.82) is 5.26 Å². The van der Waals surface area contributed by atoms with E-state index in [0.717, 1.165) is 16.7 Å². The van der Waals surface area contributed by atoms with E-state index < -0.39 is 0 Å². The third-order valence-corrected chi connectivity index (χ3v) is 3.01. The minimum absolute atomic E-state index is 0.444. The molecule has 2 aromatic carbocycles. The van der Waals surface area contributed by atoms with Gasteiger partial charge in [0.15, 0.2) is 0 Å². The highest BCUT2D eigenvalue weighted by atomic mass is 35.5. The molecule has 2 N–H and O–H groups in total. The van der Waals surface area contributed by atoms with Crippen LogP contribution in [0.5, 0.6) is 0 Å². The molecule has 0 saturated carbocycles. The molecule has 0 heterocycles. The van der Waals surface area contributed by atoms with E-state index in [2.05, 4.69) is 6.07 Å². The van der Waals surface area contributed by atoms with E-state index in [0.29, 0.717) is 16.3 Å². The van der Waals surface area contributed by atoms with E-state index >= 15 is 0 Å². The number of hydrogen-bond donors (Lipinski definition) is 1. The second kappa shape index (κ2) is 5.60. The molecule has 0 spiro atoms. The Labute approximate surface area is 117 Å². The van der Waals surface area contributed by atoms with Crippen LogP contribution in [-0.4, -0.2) is 0 Å². The van der Waals surface area contributed by atoms with Crippen molar-refractivity contribution in [2.75, 3.05) is 0 Å². The third-order valence-electron chi connectivity index (χ3n) is 2.80. The summed E-state index contributed by atoms with van der Waals surface area (Å²) in [5.41, 5.74) is 9.61. The minimum Gasteiger partial charge on any atom is -0.397 e. The summed E-state index contributed by atoms with van der Waals surface area (Å²) in [5.74, 6) is 0. The Bertz CT molecular complexity index is 647. The normalized spacial score (nSPS) is 11.6. The van der Waals surface area contributed by atoms with Crippen LogP contribution >= 0.6 is 11.6 Å². The van der Waals surface area contributed by atoms with E-state index in [9.17, 15) is 5.26 Å². The average Bonchev–Trinajstić information content (AvgIpc) is 2.39. The van der Waals surface area contributed by atoms with Crippen LogP contribution in [0, 0.1) is 18.3 Å². The fraction of sp³-hybridized carbons (Fsp3) is 0.0625. The van der Waals surface area contributed by atoms with E-state index in [4.69, 9.17) is 17.3 Å². The van der Waals surface area contributed by atoms with Crippen molar-refractivity contribution in [3.8, 4) is 6.07 Å². The van der Waals surface area contributed by atoms with Gasteiger partial charge in [-0.05, 0) is 36.2 Å². The van der Waals surface area contributed by atoms with Crippen LogP contribution in [0.1, 0.15) is 16.7 Å². The zero-order valence-electron chi connectivity index (χ0n) is 10.5. The molecule has 0 aromatic heterocycles. The number of aryl methyl sites for hydroxylation is 1. The Balaban J connectivity index is 2.59. The van der Waals surface area contributed by atoms with Crippen LogP contribution in [0.4, 0.5) is 0 Å². The molecule has 0 aliphatic rings. The van der Waals surface area contributed by atoms with Crippen LogP contribution in [0.2, 0.25) is 5.02 Å². The van der Waals surface area contributed by atoms with Gasteiger partial charge in [-0.1, -0.05) is 41.9 Å². The van der Waals surface area contributed by atoms with Gasteiger partial charge in [0, 0.05) is 10.6 Å². The number of rotatable bonds is 2. The topological polar surface area (TPSA) is 49.8 Å². The summed E-state index contributed by atoms with van der Waals surface area (Å²) in [7, 11) is 0. The quantitative estimate of drug-likeness (QED) is 0.661. The number of nitriles is 1. The van der Waals surface area contributed by atoms with Gasteiger partial charge < -0.3 is 5.73 Å². The first-order valence-electron chi connectivity index (χ1n) is 5.84. The monoisotopic (exact) mass is 268 g/mol. The van der Waals surface area contributed by atoms with E-state index in [1.165, 1.54) is 0 Å². The predicted octanol–water partition coefficient (Wildman–Crippen LogP) is 4.00. The fourth-order valence-corrected chi connectivity index (χ4v) is 2.21. The summed E-state index contributed by atoms with van der Waals surface area (Å²) in [6.07, 6.45) is 0. The van der Waals surface area contributed by atoms with Gasteiger partial charge in [-0.2, -0.15) is 5.26 Å². The van der Waals surface area contributed by atoms with E-state index in [1.807, 2.05) is 49.4 Å². The molecular weight excluding hydrogens is 256 g/mol. The molecule has 0 unspecified atom stereocenters. The van der Waals surface area contributed by atoms with Crippen LogP contribution in [-0.2, 0) is 0 Å². The summed E-state index contributed by atoms with van der Waals surface area (Å²) >= 11 is 6.03. The summed E-state index contributed by atoms with van der Waals surface area (Å²) in [6, 6.07) is 17.1. The van der Waals surface area contributed by atoms with Crippen LogP contribution < -0.4 is 5.73 Å². The molecule has 2 aromatic rings. The summed E-state index contributed by atoms with van der Waals surface area (Å²) < 4.78 is 0. The van der Waals surface area contributed by atoms with Gasteiger partial charge in [0.05, 0.1) is 11.3 Å². The van der Waals surface area contributed by atoms with Gasteiger partial charge in [0.1, 0.15) is 6.07 Å². The molecule has 2 rings (SSSR count). The maximum Gasteiger partial charge on any atom is 0.102 e. The highest BCUT2D eigenvalue weighted by Gasteiger charge is 2.09. The molecule has 94 valence electrons. The van der Waals surface area contributed by atoms with Crippen molar-refractivity contribution in [2.24, 2.45) is 5.73 Å². The predicted molar refractivity (Wildman–Crippen MR) is 79.2 cm³/mol. The summed E-state index contributed by atoms with van der Waals surface area (Å²) in [4.78, 5) is 0. The SMILES string of the molecule is Cc1cc(Cl)cc(/C(N)=C(/C#N)c2ccccc2)c1. The largest absolute Gasteiger partial charge is 0.397 e. The van der Waals surface area contributed by atoms with Gasteiger partial charge in [0.25, 0.3) is 0 Å². The Hall–Kier alpha value is -2.24. The number of allylic oxidation sites excluding steroid dienone is 1. The molecule has 3 heteroatoms. The second-order valence-electron chi connectivity index (χ2n) is 4.28. The molecule has 0 atom stereocenters. The molecule has 2 nitrogen and oxygen atoms in total. The second-order valence-corrected chi connectivity index (χ2v) is 4.72. The zero-order valence-corrected chi connectivity index (χ0v) is 11.3. The lowest BCUT2D eigenvalue weighted by atomic mass is 10.00. The molecule has 0 fully saturated rings. The van der Waals surface area contributed by atoms with Crippen LogP contribution in [0.25, 0.3) is 11.3 Å². The first-order chi connectivity index (χ1) is 9.11. The van der Waals surface area contributed by atoms with Gasteiger partial charge in [-0.3, -0.25) is 0 Å². The van der Waals surface area contributed by atoms with Crippen molar-refractivity contribution in [2.45, 2.75) is 6.92 Å². The lowest BCUT2D eigenvalue weighted by molar-refractivity contribution is 1.42. The molecule has 0 aliphatic heterocycles. The Morgan fingerprint density at radius 1 is 1.11 bits per heavy atom. The maximum absolute atomic E-state index is 9.33. The van der Waals surface area contributed by atoms with Crippen LogP contribution in [0.15, 0.2) is 48.5 Å². The van der Waals surface area contributed by atoms with Crippen molar-refractivity contribution in [3.05, 3.63) is 70.2 Å². The lowest BCUT2D eigenvalue weighted by Crippen LogP contribution is -2.01. The van der Waals surface area contributed by atoms with Crippen molar-refractivity contribution in [3.63, 3.8) is 0 Å². The Kier molecular flexibility index (Phi) is 3.89. The highest BCUT2D eigenvalue weighted by molar-refractivity contribution is 6.30. The first kappa shape index (κ1) is 13.2. The first-order valence-corrected chi connectivity index (χ1v) is 6.22. The van der Waals surface area contributed by atoms with E-state index in [1.54, 1.807) is 6.07 Å².